The van der Waals surface area contributed by atoms with E-state index in [4.69, 9.17) is 10.1 Å². The first-order chi connectivity index (χ1) is 11.9. The smallest absolute Gasteiger partial charge is 0.258 e. The number of benzene rings is 1. The molecule has 1 aliphatic carbocycles. The average molecular weight is 345 g/mol. The molecule has 136 valence electrons. The topological polar surface area (TPSA) is 85.7 Å². The van der Waals surface area contributed by atoms with Gasteiger partial charge in [-0.05, 0) is 43.0 Å². The van der Waals surface area contributed by atoms with Crippen LogP contribution in [0.5, 0.6) is 11.5 Å². The van der Waals surface area contributed by atoms with Crippen LogP contribution in [0.3, 0.4) is 0 Å². The summed E-state index contributed by atoms with van der Waals surface area (Å²) in [6.07, 6.45) is 6.64. The lowest BCUT2D eigenvalue weighted by Crippen LogP contribution is -2.53. The number of aryl methyl sites for hydroxylation is 1. The van der Waals surface area contributed by atoms with Gasteiger partial charge in [-0.1, -0.05) is 32.1 Å². The Kier molecular flexibility index (Phi) is 4.88. The second-order valence-corrected chi connectivity index (χ2v) is 7.37. The second kappa shape index (κ2) is 6.94. The zero-order valence-corrected chi connectivity index (χ0v) is 15.0. The second-order valence-electron chi connectivity index (χ2n) is 7.37. The third-order valence-corrected chi connectivity index (χ3v) is 5.40. The number of hydrogen-bond donors (Lipinski definition) is 3. The molecule has 1 heterocycles. The SMILES string of the molecule is Cc1cc(O)ccc1OCC1(CC2CCCCC2)NC(=N)N(C)C1=O. The van der Waals surface area contributed by atoms with Gasteiger partial charge in [0.25, 0.3) is 5.91 Å². The number of ether oxygens (including phenoxy) is 1. The highest BCUT2D eigenvalue weighted by Gasteiger charge is 2.50. The number of hydrogen-bond acceptors (Lipinski definition) is 4. The van der Waals surface area contributed by atoms with Gasteiger partial charge in [0.1, 0.15) is 18.1 Å². The van der Waals surface area contributed by atoms with Crippen molar-refractivity contribution in [3.63, 3.8) is 0 Å². The Morgan fingerprint density at radius 1 is 1.36 bits per heavy atom. The lowest BCUT2D eigenvalue weighted by molar-refractivity contribution is -0.132. The third-order valence-electron chi connectivity index (χ3n) is 5.40. The van der Waals surface area contributed by atoms with E-state index in [0.717, 1.165) is 18.4 Å². The minimum absolute atomic E-state index is 0.0977. The Bertz CT molecular complexity index is 670. The van der Waals surface area contributed by atoms with Gasteiger partial charge in [0.15, 0.2) is 11.5 Å². The molecule has 3 rings (SSSR count). The predicted octanol–water partition coefficient (Wildman–Crippen LogP) is 2.78. The molecule has 2 fully saturated rings. The monoisotopic (exact) mass is 345 g/mol. The van der Waals surface area contributed by atoms with Crippen molar-refractivity contribution >= 4 is 11.9 Å². The summed E-state index contributed by atoms with van der Waals surface area (Å²) in [4.78, 5) is 14.2. The van der Waals surface area contributed by atoms with E-state index >= 15 is 0 Å². The number of amides is 1. The van der Waals surface area contributed by atoms with Crippen molar-refractivity contribution in [3.05, 3.63) is 23.8 Å². The Morgan fingerprint density at radius 3 is 2.68 bits per heavy atom. The standard InChI is InChI=1S/C19H27N3O3/c1-13-10-15(23)8-9-16(13)25-12-19(11-14-6-4-3-5-7-14)17(24)22(2)18(20)21-19/h8-10,14,23H,3-7,11-12H2,1-2H3,(H2,20,21). The third kappa shape index (κ3) is 3.57. The predicted molar refractivity (Wildman–Crippen MR) is 95.9 cm³/mol. The molecular formula is C19H27N3O3. The lowest BCUT2D eigenvalue weighted by atomic mass is 9.79. The summed E-state index contributed by atoms with van der Waals surface area (Å²) >= 11 is 0. The largest absolute Gasteiger partial charge is 0.508 e. The number of nitrogens with zero attached hydrogens (tertiary/aromatic N) is 1. The van der Waals surface area contributed by atoms with Crippen molar-refractivity contribution in [3.8, 4) is 11.5 Å². The lowest BCUT2D eigenvalue weighted by Gasteiger charge is -2.32. The summed E-state index contributed by atoms with van der Waals surface area (Å²) in [6, 6.07) is 4.93. The summed E-state index contributed by atoms with van der Waals surface area (Å²) in [6.45, 7) is 2.04. The average Bonchev–Trinajstić information content (AvgIpc) is 2.79. The zero-order valence-electron chi connectivity index (χ0n) is 15.0. The maximum Gasteiger partial charge on any atom is 0.258 e. The molecule has 1 unspecified atom stereocenters. The van der Waals surface area contributed by atoms with E-state index in [-0.39, 0.29) is 24.2 Å². The van der Waals surface area contributed by atoms with Crippen LogP contribution in [0.1, 0.15) is 44.1 Å². The molecule has 1 saturated heterocycles. The molecule has 1 aromatic rings. The molecule has 1 atom stereocenters. The molecule has 1 amide bonds. The van der Waals surface area contributed by atoms with Gasteiger partial charge in [-0.25, -0.2) is 0 Å². The molecule has 2 aliphatic rings. The van der Waals surface area contributed by atoms with Gasteiger partial charge in [0.2, 0.25) is 0 Å². The maximum atomic E-state index is 12.9. The quantitative estimate of drug-likeness (QED) is 0.766. The molecule has 3 N–H and O–H groups in total. The summed E-state index contributed by atoms with van der Waals surface area (Å²) in [5, 5.41) is 20.7. The maximum absolute atomic E-state index is 12.9. The number of aromatic hydroxyl groups is 1. The van der Waals surface area contributed by atoms with E-state index in [1.807, 2.05) is 6.92 Å². The summed E-state index contributed by atoms with van der Waals surface area (Å²) in [5.41, 5.74) is -0.0558. The Balaban J connectivity index is 1.79. The van der Waals surface area contributed by atoms with Crippen LogP contribution >= 0.6 is 0 Å². The summed E-state index contributed by atoms with van der Waals surface area (Å²) in [5.74, 6) is 1.36. The molecule has 0 radical (unpaired) electrons. The molecule has 1 aromatic carbocycles. The number of phenols is 1. The molecule has 1 saturated carbocycles. The highest BCUT2D eigenvalue weighted by molar-refractivity contribution is 6.07. The molecule has 25 heavy (non-hydrogen) atoms. The van der Waals surface area contributed by atoms with Crippen molar-refractivity contribution < 1.29 is 14.6 Å². The van der Waals surface area contributed by atoms with Gasteiger partial charge in [-0.15, -0.1) is 0 Å². The van der Waals surface area contributed by atoms with Crippen molar-refractivity contribution in [2.75, 3.05) is 13.7 Å². The molecule has 0 bridgehead atoms. The minimum atomic E-state index is -0.877. The minimum Gasteiger partial charge on any atom is -0.508 e. The first-order valence-corrected chi connectivity index (χ1v) is 8.98. The van der Waals surface area contributed by atoms with Gasteiger partial charge in [0, 0.05) is 7.05 Å². The first kappa shape index (κ1) is 17.6. The van der Waals surface area contributed by atoms with Crippen LogP contribution in [0.2, 0.25) is 0 Å². The number of likely N-dealkylation sites (N-methyl/N-ethyl adjacent to an activating group) is 1. The molecule has 6 nitrogen and oxygen atoms in total. The normalized spacial score (nSPS) is 24.5. The summed E-state index contributed by atoms with van der Waals surface area (Å²) < 4.78 is 5.97. The number of carbonyl (C=O) groups is 1. The van der Waals surface area contributed by atoms with Crippen LogP contribution in [0.15, 0.2) is 18.2 Å². The highest BCUT2D eigenvalue weighted by Crippen LogP contribution is 2.34. The van der Waals surface area contributed by atoms with Gasteiger partial charge < -0.3 is 15.2 Å². The van der Waals surface area contributed by atoms with E-state index in [2.05, 4.69) is 5.32 Å². The van der Waals surface area contributed by atoms with Crippen molar-refractivity contribution in [1.82, 2.24) is 10.2 Å². The van der Waals surface area contributed by atoms with Crippen LogP contribution in [-0.2, 0) is 4.79 Å². The van der Waals surface area contributed by atoms with Crippen LogP contribution in [-0.4, -0.2) is 41.1 Å². The molecule has 1 aliphatic heterocycles. The van der Waals surface area contributed by atoms with Crippen LogP contribution in [0, 0.1) is 18.3 Å². The van der Waals surface area contributed by atoms with E-state index in [1.165, 1.54) is 24.2 Å². The number of phenolic OH excluding ortho intramolecular Hbond substituents is 1. The van der Waals surface area contributed by atoms with Crippen LogP contribution in [0.4, 0.5) is 0 Å². The van der Waals surface area contributed by atoms with Crippen LogP contribution < -0.4 is 10.1 Å². The van der Waals surface area contributed by atoms with Crippen molar-refractivity contribution in [2.24, 2.45) is 5.92 Å². The number of carbonyl (C=O) groups excluding carboxylic acids is 1. The molecule has 0 spiro atoms. The van der Waals surface area contributed by atoms with E-state index in [9.17, 15) is 9.90 Å². The fraction of sp³-hybridized carbons (Fsp3) is 0.579. The molecular weight excluding hydrogens is 318 g/mol. The molecule has 6 heteroatoms. The van der Waals surface area contributed by atoms with Gasteiger partial charge in [-0.3, -0.25) is 15.1 Å². The van der Waals surface area contributed by atoms with Gasteiger partial charge >= 0.3 is 0 Å². The fourth-order valence-corrected chi connectivity index (χ4v) is 3.96. The highest BCUT2D eigenvalue weighted by atomic mass is 16.5. The number of guanidine groups is 1. The fourth-order valence-electron chi connectivity index (χ4n) is 3.96. The van der Waals surface area contributed by atoms with Gasteiger partial charge in [-0.2, -0.15) is 0 Å². The van der Waals surface area contributed by atoms with E-state index in [1.54, 1.807) is 25.2 Å². The Morgan fingerprint density at radius 2 is 2.08 bits per heavy atom. The molecule has 0 aromatic heterocycles. The van der Waals surface area contributed by atoms with E-state index < -0.39 is 5.54 Å². The number of rotatable bonds is 5. The first-order valence-electron chi connectivity index (χ1n) is 8.98. The number of nitrogens with one attached hydrogen (secondary N) is 2. The van der Waals surface area contributed by atoms with Gasteiger partial charge in [0.05, 0.1) is 0 Å². The summed E-state index contributed by atoms with van der Waals surface area (Å²) in [7, 11) is 1.63. The van der Waals surface area contributed by atoms with Crippen molar-refractivity contribution in [2.45, 2.75) is 51.0 Å². The Labute approximate surface area is 148 Å². The van der Waals surface area contributed by atoms with E-state index in [0.29, 0.717) is 18.1 Å². The van der Waals surface area contributed by atoms with Crippen molar-refractivity contribution in [1.29, 1.82) is 5.41 Å². The van der Waals surface area contributed by atoms with Crippen LogP contribution in [0.25, 0.3) is 0 Å². The Hall–Kier alpha value is -2.24. The zero-order chi connectivity index (χ0) is 18.0.